The Hall–Kier alpha value is -1.51. The van der Waals surface area contributed by atoms with Gasteiger partial charge in [-0.05, 0) is 49.1 Å². The second kappa shape index (κ2) is 5.24. The molecule has 2 aliphatic rings. The van der Waals surface area contributed by atoms with Crippen LogP contribution in [0.5, 0.6) is 5.75 Å². The highest BCUT2D eigenvalue weighted by Gasteiger charge is 2.39. The number of carbonyl (C=O) groups excluding carboxylic acids is 1. The molecular formula is C16H20O3. The Morgan fingerprint density at radius 1 is 1.26 bits per heavy atom. The van der Waals surface area contributed by atoms with Crippen molar-refractivity contribution in [1.29, 1.82) is 0 Å². The van der Waals surface area contributed by atoms with Gasteiger partial charge in [0.2, 0.25) is 0 Å². The van der Waals surface area contributed by atoms with Gasteiger partial charge in [-0.2, -0.15) is 0 Å². The number of para-hydroxylation sites is 1. The van der Waals surface area contributed by atoms with Crippen LogP contribution in [0.3, 0.4) is 0 Å². The molecule has 0 heterocycles. The van der Waals surface area contributed by atoms with E-state index in [0.717, 1.165) is 18.4 Å². The number of rotatable bonds is 4. The van der Waals surface area contributed by atoms with Gasteiger partial charge in [0, 0.05) is 0 Å². The van der Waals surface area contributed by atoms with E-state index in [-0.39, 0.29) is 5.97 Å². The smallest absolute Gasteiger partial charge is 0.341 e. The Morgan fingerprint density at radius 3 is 2.79 bits per heavy atom. The topological polar surface area (TPSA) is 35.5 Å². The lowest BCUT2D eigenvalue weighted by molar-refractivity contribution is 0.0594. The summed E-state index contributed by atoms with van der Waals surface area (Å²) in [6.45, 7) is 0.731. The fourth-order valence-electron chi connectivity index (χ4n) is 3.65. The lowest BCUT2D eigenvalue weighted by atomic mass is 9.89. The fraction of sp³-hybridized carbons (Fsp3) is 0.562. The zero-order valence-corrected chi connectivity index (χ0v) is 11.3. The minimum Gasteiger partial charge on any atom is -0.492 e. The molecule has 19 heavy (non-hydrogen) atoms. The number of benzene rings is 1. The number of hydrogen-bond donors (Lipinski definition) is 0. The van der Waals surface area contributed by atoms with Gasteiger partial charge in [0.15, 0.2) is 0 Å². The first-order valence-electron chi connectivity index (χ1n) is 7.08. The summed E-state index contributed by atoms with van der Waals surface area (Å²) in [6, 6.07) is 7.32. The van der Waals surface area contributed by atoms with Crippen LogP contribution < -0.4 is 4.74 Å². The molecule has 3 nitrogen and oxygen atoms in total. The number of carbonyl (C=O) groups is 1. The average Bonchev–Trinajstić information content (AvgIpc) is 3.07. The van der Waals surface area contributed by atoms with Crippen LogP contribution in [-0.2, 0) is 4.74 Å². The van der Waals surface area contributed by atoms with Crippen LogP contribution in [0.1, 0.15) is 36.0 Å². The first kappa shape index (κ1) is 12.5. The number of fused-ring (bicyclic) bond motifs is 2. The van der Waals surface area contributed by atoms with E-state index in [1.54, 1.807) is 6.07 Å². The number of hydrogen-bond acceptors (Lipinski definition) is 3. The summed E-state index contributed by atoms with van der Waals surface area (Å²) in [7, 11) is 1.40. The molecule has 2 saturated carbocycles. The largest absolute Gasteiger partial charge is 0.492 e. The molecule has 0 aromatic heterocycles. The predicted molar refractivity (Wildman–Crippen MR) is 72.2 cm³/mol. The van der Waals surface area contributed by atoms with Crippen molar-refractivity contribution in [3.63, 3.8) is 0 Å². The third-order valence-corrected chi connectivity index (χ3v) is 4.63. The van der Waals surface area contributed by atoms with E-state index >= 15 is 0 Å². The molecule has 3 unspecified atom stereocenters. The summed E-state index contributed by atoms with van der Waals surface area (Å²) in [6.07, 6.45) is 5.44. The van der Waals surface area contributed by atoms with Crippen LogP contribution in [0.15, 0.2) is 24.3 Å². The molecule has 3 atom stereocenters. The molecule has 2 fully saturated rings. The van der Waals surface area contributed by atoms with Gasteiger partial charge >= 0.3 is 5.97 Å². The maximum Gasteiger partial charge on any atom is 0.341 e. The van der Waals surface area contributed by atoms with E-state index in [9.17, 15) is 4.79 Å². The molecule has 1 aromatic carbocycles. The third kappa shape index (κ3) is 2.46. The zero-order chi connectivity index (χ0) is 13.2. The van der Waals surface area contributed by atoms with E-state index in [4.69, 9.17) is 9.47 Å². The van der Waals surface area contributed by atoms with Gasteiger partial charge in [-0.15, -0.1) is 0 Å². The Balaban J connectivity index is 1.65. The highest BCUT2D eigenvalue weighted by Crippen LogP contribution is 2.48. The van der Waals surface area contributed by atoms with Gasteiger partial charge in [0.1, 0.15) is 11.3 Å². The summed E-state index contributed by atoms with van der Waals surface area (Å²) in [5, 5.41) is 0. The van der Waals surface area contributed by atoms with Crippen LogP contribution in [0.25, 0.3) is 0 Å². The Morgan fingerprint density at radius 2 is 2.11 bits per heavy atom. The molecule has 0 aliphatic heterocycles. The zero-order valence-electron chi connectivity index (χ0n) is 11.3. The first-order chi connectivity index (χ1) is 9.28. The Kier molecular flexibility index (Phi) is 3.45. The van der Waals surface area contributed by atoms with Gasteiger partial charge in [-0.25, -0.2) is 4.79 Å². The molecule has 2 bridgehead atoms. The molecule has 0 N–H and O–H groups in total. The average molecular weight is 260 g/mol. The standard InChI is InChI=1S/C16H20O3/c1-18-16(17)14-4-2-3-5-15(14)19-10-13-9-11-6-7-12(13)8-11/h2-5,11-13H,6-10H2,1H3. The predicted octanol–water partition coefficient (Wildman–Crippen LogP) is 3.29. The lowest BCUT2D eigenvalue weighted by Crippen LogP contribution is -2.19. The normalized spacial score (nSPS) is 28.4. The molecule has 2 aliphatic carbocycles. The fourth-order valence-corrected chi connectivity index (χ4v) is 3.65. The van der Waals surface area contributed by atoms with Crippen LogP contribution in [0.4, 0.5) is 0 Å². The Labute approximate surface area is 113 Å². The van der Waals surface area contributed by atoms with Crippen molar-refractivity contribution in [2.45, 2.75) is 25.7 Å². The lowest BCUT2D eigenvalue weighted by Gasteiger charge is -2.22. The van der Waals surface area contributed by atoms with Crippen molar-refractivity contribution in [2.75, 3.05) is 13.7 Å². The first-order valence-corrected chi connectivity index (χ1v) is 7.08. The molecule has 0 saturated heterocycles. The molecule has 0 radical (unpaired) electrons. The highest BCUT2D eigenvalue weighted by atomic mass is 16.5. The number of esters is 1. The van der Waals surface area contributed by atoms with Crippen molar-refractivity contribution in [1.82, 2.24) is 0 Å². The van der Waals surface area contributed by atoms with E-state index in [1.807, 2.05) is 18.2 Å². The van der Waals surface area contributed by atoms with Gasteiger partial charge in [-0.3, -0.25) is 0 Å². The van der Waals surface area contributed by atoms with Crippen molar-refractivity contribution >= 4 is 5.97 Å². The SMILES string of the molecule is COC(=O)c1ccccc1OCC1CC2CCC1C2. The second-order valence-electron chi connectivity index (χ2n) is 5.73. The molecule has 0 amide bonds. The van der Waals surface area contributed by atoms with Crippen LogP contribution >= 0.6 is 0 Å². The van der Waals surface area contributed by atoms with E-state index < -0.39 is 0 Å². The second-order valence-corrected chi connectivity index (χ2v) is 5.73. The molecule has 102 valence electrons. The monoisotopic (exact) mass is 260 g/mol. The van der Waals surface area contributed by atoms with Gasteiger partial charge in [0.25, 0.3) is 0 Å². The third-order valence-electron chi connectivity index (χ3n) is 4.63. The van der Waals surface area contributed by atoms with Crippen LogP contribution in [0.2, 0.25) is 0 Å². The van der Waals surface area contributed by atoms with Crippen molar-refractivity contribution in [3.8, 4) is 5.75 Å². The summed E-state index contributed by atoms with van der Waals surface area (Å²) in [4.78, 5) is 11.7. The maximum atomic E-state index is 11.7. The van der Waals surface area contributed by atoms with Gasteiger partial charge < -0.3 is 9.47 Å². The quantitative estimate of drug-likeness (QED) is 0.779. The van der Waals surface area contributed by atoms with Crippen molar-refractivity contribution in [2.24, 2.45) is 17.8 Å². The van der Waals surface area contributed by atoms with Crippen molar-refractivity contribution < 1.29 is 14.3 Å². The molecule has 3 heteroatoms. The summed E-state index contributed by atoms with van der Waals surface area (Å²) >= 11 is 0. The molecule has 0 spiro atoms. The summed E-state index contributed by atoms with van der Waals surface area (Å²) in [5.41, 5.74) is 0.521. The number of ether oxygens (including phenoxy) is 2. The Bertz CT molecular complexity index is 469. The molecular weight excluding hydrogens is 240 g/mol. The molecule has 3 rings (SSSR count). The van der Waals surface area contributed by atoms with E-state index in [2.05, 4.69) is 0 Å². The maximum absolute atomic E-state index is 11.7. The number of methoxy groups -OCH3 is 1. The van der Waals surface area contributed by atoms with Crippen LogP contribution in [0, 0.1) is 17.8 Å². The van der Waals surface area contributed by atoms with Gasteiger partial charge in [-0.1, -0.05) is 18.6 Å². The summed E-state index contributed by atoms with van der Waals surface area (Å²) < 4.78 is 10.7. The minimum absolute atomic E-state index is 0.330. The van der Waals surface area contributed by atoms with E-state index in [0.29, 0.717) is 17.2 Å². The minimum atomic E-state index is -0.330. The summed E-state index contributed by atoms with van der Waals surface area (Å²) in [5.74, 6) is 2.76. The highest BCUT2D eigenvalue weighted by molar-refractivity contribution is 5.92. The van der Waals surface area contributed by atoms with Gasteiger partial charge in [0.05, 0.1) is 13.7 Å². The molecule has 1 aromatic rings. The van der Waals surface area contributed by atoms with Crippen LogP contribution in [-0.4, -0.2) is 19.7 Å². The van der Waals surface area contributed by atoms with Crippen molar-refractivity contribution in [3.05, 3.63) is 29.8 Å². The van der Waals surface area contributed by atoms with E-state index in [1.165, 1.54) is 32.8 Å².